The summed E-state index contributed by atoms with van der Waals surface area (Å²) in [5.41, 5.74) is 2.26. The highest BCUT2D eigenvalue weighted by molar-refractivity contribution is 5.17. The molecule has 0 bridgehead atoms. The summed E-state index contributed by atoms with van der Waals surface area (Å²) in [6, 6.07) is 3.98. The van der Waals surface area contributed by atoms with Crippen molar-refractivity contribution in [3.05, 3.63) is 29.6 Å². The van der Waals surface area contributed by atoms with Crippen LogP contribution >= 0.6 is 0 Å². The lowest BCUT2D eigenvalue weighted by molar-refractivity contribution is -0.0416. The van der Waals surface area contributed by atoms with E-state index in [1.165, 1.54) is 5.56 Å². The number of ether oxygens (including phenoxy) is 1. The summed E-state index contributed by atoms with van der Waals surface area (Å²) in [6.07, 6.45) is 1.54. The third-order valence-corrected chi connectivity index (χ3v) is 2.89. The van der Waals surface area contributed by atoms with Crippen LogP contribution in [0.15, 0.2) is 18.3 Å². The van der Waals surface area contributed by atoms with E-state index in [0.29, 0.717) is 13.2 Å². The van der Waals surface area contributed by atoms with Crippen molar-refractivity contribution in [1.29, 1.82) is 0 Å². The van der Waals surface area contributed by atoms with Crippen LogP contribution in [0.3, 0.4) is 0 Å². The maximum atomic E-state index is 12.5. The molecule has 0 unspecified atom stereocenters. The summed E-state index contributed by atoms with van der Waals surface area (Å²) in [6.45, 7) is 4.55. The number of alkyl halides is 1. The van der Waals surface area contributed by atoms with Gasteiger partial charge < -0.3 is 4.74 Å². The van der Waals surface area contributed by atoms with Crippen molar-refractivity contribution in [2.24, 2.45) is 0 Å². The van der Waals surface area contributed by atoms with Gasteiger partial charge in [-0.2, -0.15) is 0 Å². The molecule has 3 nitrogen and oxygen atoms in total. The highest BCUT2D eigenvalue weighted by Crippen LogP contribution is 2.11. The Morgan fingerprint density at radius 3 is 3.25 bits per heavy atom. The number of rotatable bonds is 3. The van der Waals surface area contributed by atoms with Crippen molar-refractivity contribution < 1.29 is 9.13 Å². The second-order valence-electron chi connectivity index (χ2n) is 4.15. The standard InChI is InChI=1S/C12H17FN2O/c1-10-3-2-4-14-12(10)9-15-5-6-16-11(7-13)8-15/h2-4,11H,5-9H2,1H3/t11-/m1/s1. The molecule has 1 saturated heterocycles. The fourth-order valence-electron chi connectivity index (χ4n) is 1.91. The lowest BCUT2D eigenvalue weighted by Gasteiger charge is -2.31. The van der Waals surface area contributed by atoms with Gasteiger partial charge in [-0.3, -0.25) is 9.88 Å². The molecule has 1 atom stereocenters. The van der Waals surface area contributed by atoms with Gasteiger partial charge in [-0.05, 0) is 18.6 Å². The van der Waals surface area contributed by atoms with E-state index in [-0.39, 0.29) is 6.10 Å². The van der Waals surface area contributed by atoms with Crippen LogP contribution in [0.1, 0.15) is 11.3 Å². The van der Waals surface area contributed by atoms with E-state index < -0.39 is 6.67 Å². The molecule has 1 aromatic rings. The molecule has 1 fully saturated rings. The average molecular weight is 224 g/mol. The van der Waals surface area contributed by atoms with E-state index in [1.807, 2.05) is 6.07 Å². The molecule has 88 valence electrons. The minimum absolute atomic E-state index is 0.266. The van der Waals surface area contributed by atoms with Crippen molar-refractivity contribution in [3.63, 3.8) is 0 Å². The SMILES string of the molecule is Cc1cccnc1CN1CCO[C@H](CF)C1. The van der Waals surface area contributed by atoms with Crippen molar-refractivity contribution in [1.82, 2.24) is 9.88 Å². The molecule has 0 N–H and O–H groups in total. The number of aromatic nitrogens is 1. The fourth-order valence-corrected chi connectivity index (χ4v) is 1.91. The zero-order valence-corrected chi connectivity index (χ0v) is 9.53. The Kier molecular flexibility index (Phi) is 3.85. The molecule has 4 heteroatoms. The molecule has 1 aliphatic rings. The maximum Gasteiger partial charge on any atom is 0.117 e. The molecule has 1 aromatic heterocycles. The smallest absolute Gasteiger partial charge is 0.117 e. The molecule has 16 heavy (non-hydrogen) atoms. The van der Waals surface area contributed by atoms with Gasteiger partial charge in [-0.25, -0.2) is 4.39 Å². The molecular weight excluding hydrogens is 207 g/mol. The summed E-state index contributed by atoms with van der Waals surface area (Å²) < 4.78 is 17.8. The number of hydrogen-bond acceptors (Lipinski definition) is 3. The van der Waals surface area contributed by atoms with Crippen LogP contribution in [0, 0.1) is 6.92 Å². The number of nitrogens with zero attached hydrogens (tertiary/aromatic N) is 2. The third-order valence-electron chi connectivity index (χ3n) is 2.89. The Balaban J connectivity index is 1.97. The van der Waals surface area contributed by atoms with Gasteiger partial charge in [-0.15, -0.1) is 0 Å². The summed E-state index contributed by atoms with van der Waals surface area (Å²) in [4.78, 5) is 6.54. The first-order valence-electron chi connectivity index (χ1n) is 5.60. The first-order chi connectivity index (χ1) is 7.79. The van der Waals surface area contributed by atoms with Gasteiger partial charge in [0.2, 0.25) is 0 Å². The minimum Gasteiger partial charge on any atom is -0.373 e. The predicted molar refractivity (Wildman–Crippen MR) is 60.0 cm³/mol. The molecular formula is C12H17FN2O. The number of hydrogen-bond donors (Lipinski definition) is 0. The molecule has 0 aromatic carbocycles. The second kappa shape index (κ2) is 5.37. The van der Waals surface area contributed by atoms with E-state index in [9.17, 15) is 4.39 Å². The van der Waals surface area contributed by atoms with Gasteiger partial charge >= 0.3 is 0 Å². The summed E-state index contributed by atoms with van der Waals surface area (Å²) >= 11 is 0. The van der Waals surface area contributed by atoms with Gasteiger partial charge in [0.05, 0.1) is 18.4 Å². The molecule has 1 aliphatic heterocycles. The van der Waals surface area contributed by atoms with Gasteiger partial charge in [-0.1, -0.05) is 6.07 Å². The van der Waals surface area contributed by atoms with Crippen LogP contribution in [0.5, 0.6) is 0 Å². The molecule has 2 rings (SSSR count). The van der Waals surface area contributed by atoms with Crippen LogP contribution in [0.2, 0.25) is 0 Å². The van der Waals surface area contributed by atoms with Gasteiger partial charge in [0.1, 0.15) is 6.67 Å². The summed E-state index contributed by atoms with van der Waals surface area (Å²) in [5, 5.41) is 0. The summed E-state index contributed by atoms with van der Waals surface area (Å²) in [5.74, 6) is 0. The third kappa shape index (κ3) is 2.77. The maximum absolute atomic E-state index is 12.5. The van der Waals surface area contributed by atoms with Crippen LogP contribution in [0.4, 0.5) is 4.39 Å². The normalized spacial score (nSPS) is 22.2. The highest BCUT2D eigenvalue weighted by Gasteiger charge is 2.20. The molecule has 0 radical (unpaired) electrons. The molecule has 2 heterocycles. The Labute approximate surface area is 95.2 Å². The van der Waals surface area contributed by atoms with Crippen molar-refractivity contribution in [3.8, 4) is 0 Å². The molecule has 0 aliphatic carbocycles. The quantitative estimate of drug-likeness (QED) is 0.779. The van der Waals surface area contributed by atoms with Gasteiger partial charge in [0.15, 0.2) is 0 Å². The lowest BCUT2D eigenvalue weighted by Crippen LogP contribution is -2.43. The largest absolute Gasteiger partial charge is 0.373 e. The number of morpholine rings is 1. The number of pyridine rings is 1. The van der Waals surface area contributed by atoms with E-state index >= 15 is 0 Å². The molecule has 0 spiro atoms. The topological polar surface area (TPSA) is 25.4 Å². The first-order valence-corrected chi connectivity index (χ1v) is 5.60. The summed E-state index contributed by atoms with van der Waals surface area (Å²) in [7, 11) is 0. The van der Waals surface area contributed by atoms with Crippen molar-refractivity contribution in [2.45, 2.75) is 19.6 Å². The Hall–Kier alpha value is -1.00. The second-order valence-corrected chi connectivity index (χ2v) is 4.15. The van der Waals surface area contributed by atoms with E-state index in [0.717, 1.165) is 18.8 Å². The Morgan fingerprint density at radius 2 is 2.50 bits per heavy atom. The van der Waals surface area contributed by atoms with Gasteiger partial charge in [0.25, 0.3) is 0 Å². The predicted octanol–water partition coefficient (Wildman–Crippen LogP) is 1.56. The molecule has 0 amide bonds. The van der Waals surface area contributed by atoms with Crippen LogP contribution in [0.25, 0.3) is 0 Å². The molecule has 0 saturated carbocycles. The first kappa shape index (κ1) is 11.5. The average Bonchev–Trinajstić information content (AvgIpc) is 2.32. The highest BCUT2D eigenvalue weighted by atomic mass is 19.1. The van der Waals surface area contributed by atoms with E-state index in [1.54, 1.807) is 6.20 Å². The number of halogens is 1. The van der Waals surface area contributed by atoms with Crippen molar-refractivity contribution >= 4 is 0 Å². The van der Waals surface area contributed by atoms with E-state index in [2.05, 4.69) is 22.9 Å². The van der Waals surface area contributed by atoms with Crippen LogP contribution in [-0.4, -0.2) is 42.4 Å². The van der Waals surface area contributed by atoms with Gasteiger partial charge in [0, 0.05) is 25.8 Å². The fraction of sp³-hybridized carbons (Fsp3) is 0.583. The Morgan fingerprint density at radius 1 is 1.62 bits per heavy atom. The zero-order chi connectivity index (χ0) is 11.4. The minimum atomic E-state index is -0.405. The monoisotopic (exact) mass is 224 g/mol. The zero-order valence-electron chi connectivity index (χ0n) is 9.53. The van der Waals surface area contributed by atoms with Crippen molar-refractivity contribution in [2.75, 3.05) is 26.4 Å². The van der Waals surface area contributed by atoms with E-state index in [4.69, 9.17) is 4.74 Å². The Bertz CT molecular complexity index is 346. The lowest BCUT2D eigenvalue weighted by atomic mass is 10.2. The van der Waals surface area contributed by atoms with Crippen LogP contribution in [-0.2, 0) is 11.3 Å². The van der Waals surface area contributed by atoms with Crippen LogP contribution < -0.4 is 0 Å². The number of aryl methyl sites for hydroxylation is 1.